The minimum absolute atomic E-state index is 0.0352. The van der Waals surface area contributed by atoms with Gasteiger partial charge in [0.15, 0.2) is 0 Å². The molecule has 0 radical (unpaired) electrons. The van der Waals surface area contributed by atoms with Gasteiger partial charge < -0.3 is 10.6 Å². The van der Waals surface area contributed by atoms with E-state index < -0.39 is 0 Å². The molecule has 1 aromatic carbocycles. The largest absolute Gasteiger partial charge is 0.349 e. The highest BCUT2D eigenvalue weighted by Gasteiger charge is 2.37. The van der Waals surface area contributed by atoms with Crippen molar-refractivity contribution in [3.05, 3.63) is 34.9 Å². The normalized spacial score (nSPS) is 20.9. The first-order valence-electron chi connectivity index (χ1n) is 7.68. The molecule has 1 saturated heterocycles. The number of carbonyl (C=O) groups is 1. The molecule has 4 heteroatoms. The molecule has 0 aliphatic carbocycles. The molecular weight excluding hydrogens is 284 g/mol. The molecule has 1 unspecified atom stereocenters. The van der Waals surface area contributed by atoms with Crippen LogP contribution < -0.4 is 10.6 Å². The Morgan fingerprint density at radius 3 is 2.86 bits per heavy atom. The number of benzene rings is 1. The van der Waals surface area contributed by atoms with E-state index in [0.717, 1.165) is 31.5 Å². The smallest absolute Gasteiger partial charge is 0.226 e. The van der Waals surface area contributed by atoms with Crippen LogP contribution in [0.15, 0.2) is 24.3 Å². The van der Waals surface area contributed by atoms with Crippen LogP contribution in [0.3, 0.4) is 0 Å². The van der Waals surface area contributed by atoms with E-state index in [1.165, 1.54) is 0 Å². The van der Waals surface area contributed by atoms with E-state index in [2.05, 4.69) is 10.6 Å². The van der Waals surface area contributed by atoms with Gasteiger partial charge in [0, 0.05) is 10.4 Å². The molecule has 1 aliphatic rings. The van der Waals surface area contributed by atoms with E-state index in [-0.39, 0.29) is 17.4 Å². The quantitative estimate of drug-likeness (QED) is 0.893. The second kappa shape index (κ2) is 6.80. The van der Waals surface area contributed by atoms with Gasteiger partial charge in [0.05, 0.1) is 6.04 Å². The Balaban J connectivity index is 2.02. The zero-order valence-corrected chi connectivity index (χ0v) is 13.8. The predicted molar refractivity (Wildman–Crippen MR) is 87.4 cm³/mol. The third-order valence-electron chi connectivity index (χ3n) is 4.60. The molecular formula is C17H25ClN2O. The van der Waals surface area contributed by atoms with Crippen molar-refractivity contribution in [3.63, 3.8) is 0 Å². The Morgan fingerprint density at radius 2 is 2.24 bits per heavy atom. The second-order valence-corrected chi connectivity index (χ2v) is 6.95. The molecule has 0 bridgehead atoms. The zero-order valence-electron chi connectivity index (χ0n) is 13.1. The summed E-state index contributed by atoms with van der Waals surface area (Å²) in [6.07, 6.45) is 2.25. The minimum atomic E-state index is -0.361. The van der Waals surface area contributed by atoms with Gasteiger partial charge in [-0.2, -0.15) is 0 Å². The van der Waals surface area contributed by atoms with Gasteiger partial charge in [-0.1, -0.05) is 37.6 Å². The van der Waals surface area contributed by atoms with Crippen molar-refractivity contribution in [1.82, 2.24) is 10.6 Å². The number of carbonyl (C=O) groups excluding carboxylic acids is 1. The van der Waals surface area contributed by atoms with Crippen LogP contribution in [0.4, 0.5) is 0 Å². The van der Waals surface area contributed by atoms with Gasteiger partial charge in [-0.25, -0.2) is 0 Å². The van der Waals surface area contributed by atoms with Crippen LogP contribution in [0.1, 0.15) is 45.2 Å². The van der Waals surface area contributed by atoms with E-state index in [4.69, 9.17) is 11.6 Å². The van der Waals surface area contributed by atoms with E-state index in [1.54, 1.807) is 0 Å². The lowest BCUT2D eigenvalue weighted by atomic mass is 9.74. The van der Waals surface area contributed by atoms with Gasteiger partial charge in [0.1, 0.15) is 0 Å². The van der Waals surface area contributed by atoms with Crippen molar-refractivity contribution in [2.24, 2.45) is 11.3 Å². The first kappa shape index (κ1) is 16.3. The van der Waals surface area contributed by atoms with Gasteiger partial charge in [-0.05, 0) is 56.5 Å². The number of nitrogens with one attached hydrogen (secondary N) is 2. The summed E-state index contributed by atoms with van der Waals surface area (Å²) in [5, 5.41) is 7.22. The molecule has 1 fully saturated rings. The van der Waals surface area contributed by atoms with Gasteiger partial charge in [-0.3, -0.25) is 4.79 Å². The number of amides is 1. The first-order valence-corrected chi connectivity index (χ1v) is 8.06. The van der Waals surface area contributed by atoms with Crippen molar-refractivity contribution >= 4 is 17.5 Å². The summed E-state index contributed by atoms with van der Waals surface area (Å²) < 4.78 is 0. The van der Waals surface area contributed by atoms with Crippen LogP contribution in [0, 0.1) is 11.3 Å². The van der Waals surface area contributed by atoms with Crippen molar-refractivity contribution in [2.45, 2.75) is 39.7 Å². The number of rotatable bonds is 4. The van der Waals surface area contributed by atoms with Crippen LogP contribution in [0.25, 0.3) is 0 Å². The topological polar surface area (TPSA) is 41.1 Å². The van der Waals surface area contributed by atoms with Crippen molar-refractivity contribution < 1.29 is 4.79 Å². The molecule has 21 heavy (non-hydrogen) atoms. The van der Waals surface area contributed by atoms with Crippen LogP contribution in [-0.4, -0.2) is 19.0 Å². The summed E-state index contributed by atoms with van der Waals surface area (Å²) in [5.41, 5.74) is 0.675. The molecule has 0 aromatic heterocycles. The maximum atomic E-state index is 12.7. The van der Waals surface area contributed by atoms with Gasteiger partial charge >= 0.3 is 0 Å². The predicted octanol–water partition coefficient (Wildman–Crippen LogP) is 3.54. The molecule has 0 saturated carbocycles. The van der Waals surface area contributed by atoms with Crippen LogP contribution in [-0.2, 0) is 4.79 Å². The minimum Gasteiger partial charge on any atom is -0.349 e. The first-order chi connectivity index (χ1) is 9.91. The lowest BCUT2D eigenvalue weighted by molar-refractivity contribution is -0.133. The van der Waals surface area contributed by atoms with Crippen LogP contribution in [0.5, 0.6) is 0 Å². The number of halogens is 1. The summed E-state index contributed by atoms with van der Waals surface area (Å²) in [7, 11) is 0. The molecule has 2 atom stereocenters. The Hall–Kier alpha value is -1.06. The summed E-state index contributed by atoms with van der Waals surface area (Å²) in [4.78, 5) is 12.7. The molecule has 0 spiro atoms. The SMILES string of the molecule is C[C@H](NC(=O)C(C)(C)C1CCCNC1)c1cccc(Cl)c1. The summed E-state index contributed by atoms with van der Waals surface area (Å²) in [6.45, 7) is 8.08. The summed E-state index contributed by atoms with van der Waals surface area (Å²) in [5.74, 6) is 0.501. The molecule has 2 N–H and O–H groups in total. The monoisotopic (exact) mass is 308 g/mol. The molecule has 2 rings (SSSR count). The van der Waals surface area contributed by atoms with Crippen molar-refractivity contribution in [1.29, 1.82) is 0 Å². The van der Waals surface area contributed by atoms with E-state index >= 15 is 0 Å². The Kier molecular flexibility index (Phi) is 5.28. The van der Waals surface area contributed by atoms with Gasteiger partial charge in [-0.15, -0.1) is 0 Å². The van der Waals surface area contributed by atoms with Crippen LogP contribution >= 0.6 is 11.6 Å². The lowest BCUT2D eigenvalue weighted by Gasteiger charge is -2.36. The fourth-order valence-electron chi connectivity index (χ4n) is 2.90. The Labute approximate surface area is 132 Å². The fraction of sp³-hybridized carbons (Fsp3) is 0.588. The van der Waals surface area contributed by atoms with E-state index in [0.29, 0.717) is 10.9 Å². The number of hydrogen-bond acceptors (Lipinski definition) is 2. The molecule has 116 valence electrons. The standard InChI is InChI=1S/C17H25ClN2O/c1-12(13-6-4-8-15(18)10-13)20-16(21)17(2,3)14-7-5-9-19-11-14/h4,6,8,10,12,14,19H,5,7,9,11H2,1-3H3,(H,20,21)/t12-,14?/m0/s1. The molecule has 3 nitrogen and oxygen atoms in total. The number of piperidine rings is 1. The molecule has 1 amide bonds. The maximum Gasteiger partial charge on any atom is 0.226 e. The number of hydrogen-bond donors (Lipinski definition) is 2. The third-order valence-corrected chi connectivity index (χ3v) is 4.83. The van der Waals surface area contributed by atoms with E-state index in [9.17, 15) is 4.79 Å². The van der Waals surface area contributed by atoms with Crippen molar-refractivity contribution in [3.8, 4) is 0 Å². The highest BCUT2D eigenvalue weighted by Crippen LogP contribution is 2.32. The highest BCUT2D eigenvalue weighted by atomic mass is 35.5. The average Bonchev–Trinajstić information content (AvgIpc) is 2.48. The van der Waals surface area contributed by atoms with E-state index in [1.807, 2.05) is 45.0 Å². The second-order valence-electron chi connectivity index (χ2n) is 6.52. The molecule has 1 aliphatic heterocycles. The Bertz CT molecular complexity index is 495. The zero-order chi connectivity index (χ0) is 15.5. The molecule has 1 heterocycles. The van der Waals surface area contributed by atoms with Gasteiger partial charge in [0.25, 0.3) is 0 Å². The van der Waals surface area contributed by atoms with Crippen LogP contribution in [0.2, 0.25) is 5.02 Å². The fourth-order valence-corrected chi connectivity index (χ4v) is 3.09. The summed E-state index contributed by atoms with van der Waals surface area (Å²) >= 11 is 6.02. The molecule has 1 aromatic rings. The highest BCUT2D eigenvalue weighted by molar-refractivity contribution is 6.30. The third kappa shape index (κ3) is 3.98. The Morgan fingerprint density at radius 1 is 1.48 bits per heavy atom. The van der Waals surface area contributed by atoms with Gasteiger partial charge in [0.2, 0.25) is 5.91 Å². The maximum absolute atomic E-state index is 12.7. The average molecular weight is 309 g/mol. The summed E-state index contributed by atoms with van der Waals surface area (Å²) in [6, 6.07) is 7.62. The lowest BCUT2D eigenvalue weighted by Crippen LogP contribution is -2.47. The van der Waals surface area contributed by atoms with Crippen molar-refractivity contribution in [2.75, 3.05) is 13.1 Å².